The lowest BCUT2D eigenvalue weighted by Crippen LogP contribution is -2.33. The third-order valence-corrected chi connectivity index (χ3v) is 6.44. The van der Waals surface area contributed by atoms with Crippen molar-refractivity contribution in [3.05, 3.63) is 53.6 Å². The van der Waals surface area contributed by atoms with Gasteiger partial charge in [-0.15, -0.1) is 0 Å². The van der Waals surface area contributed by atoms with E-state index in [0.717, 1.165) is 16.8 Å². The van der Waals surface area contributed by atoms with E-state index in [2.05, 4.69) is 10.0 Å². The highest BCUT2D eigenvalue weighted by molar-refractivity contribution is 7.89. The van der Waals surface area contributed by atoms with Crippen molar-refractivity contribution in [2.45, 2.75) is 44.6 Å². The van der Waals surface area contributed by atoms with Gasteiger partial charge in [0.05, 0.1) is 4.90 Å². The van der Waals surface area contributed by atoms with Crippen LogP contribution < -0.4 is 14.9 Å². The van der Waals surface area contributed by atoms with Crippen molar-refractivity contribution in [1.29, 1.82) is 0 Å². The number of carbonyl (C=O) groups is 2. The molecular formula is C21H25N3O4S. The number of amides is 2. The summed E-state index contributed by atoms with van der Waals surface area (Å²) in [6, 6.07) is 12.2. The third kappa shape index (κ3) is 4.65. The third-order valence-electron chi connectivity index (χ3n) is 4.98. The van der Waals surface area contributed by atoms with Gasteiger partial charge in [0.1, 0.15) is 0 Å². The number of aryl methyl sites for hydroxylation is 1. The van der Waals surface area contributed by atoms with Crippen LogP contribution in [0.1, 0.15) is 31.4 Å². The normalized spacial score (nSPS) is 15.8. The second-order valence-corrected chi connectivity index (χ2v) is 9.01. The summed E-state index contributed by atoms with van der Waals surface area (Å²) in [5.74, 6) is -0.327. The summed E-state index contributed by atoms with van der Waals surface area (Å²) in [6.45, 7) is 5.31. The van der Waals surface area contributed by atoms with Crippen molar-refractivity contribution < 1.29 is 18.0 Å². The summed E-state index contributed by atoms with van der Waals surface area (Å²) in [6.07, 6.45) is 0.630. The molecule has 1 atom stereocenters. The van der Waals surface area contributed by atoms with Gasteiger partial charge >= 0.3 is 0 Å². The Morgan fingerprint density at radius 1 is 1.17 bits per heavy atom. The van der Waals surface area contributed by atoms with Gasteiger partial charge in [-0.05, 0) is 55.7 Å². The molecule has 0 aliphatic carbocycles. The van der Waals surface area contributed by atoms with Crippen molar-refractivity contribution in [2.75, 3.05) is 16.8 Å². The molecule has 0 aromatic heterocycles. The van der Waals surface area contributed by atoms with Gasteiger partial charge in [-0.2, -0.15) is 0 Å². The summed E-state index contributed by atoms with van der Waals surface area (Å²) < 4.78 is 27.7. The second kappa shape index (κ2) is 8.34. The topological polar surface area (TPSA) is 95.6 Å². The van der Waals surface area contributed by atoms with Crippen LogP contribution in [0.3, 0.4) is 0 Å². The van der Waals surface area contributed by atoms with Crippen LogP contribution in [-0.2, 0) is 26.0 Å². The average Bonchev–Trinajstić information content (AvgIpc) is 2.98. The zero-order chi connectivity index (χ0) is 21.2. The Balaban J connectivity index is 1.62. The summed E-state index contributed by atoms with van der Waals surface area (Å²) in [4.78, 5) is 25.7. The molecule has 2 aromatic rings. The first-order valence-corrected chi connectivity index (χ1v) is 11.0. The monoisotopic (exact) mass is 415 g/mol. The van der Waals surface area contributed by atoms with Gasteiger partial charge in [0.25, 0.3) is 0 Å². The molecule has 0 unspecified atom stereocenters. The van der Waals surface area contributed by atoms with Crippen LogP contribution in [-0.4, -0.2) is 32.8 Å². The quantitative estimate of drug-likeness (QED) is 0.758. The van der Waals surface area contributed by atoms with Crippen LogP contribution in [0.2, 0.25) is 0 Å². The highest BCUT2D eigenvalue weighted by Crippen LogP contribution is 2.33. The molecule has 0 radical (unpaired) electrons. The summed E-state index contributed by atoms with van der Waals surface area (Å²) >= 11 is 0. The number of sulfonamides is 1. The van der Waals surface area contributed by atoms with E-state index in [9.17, 15) is 18.0 Å². The number of fused-ring (bicyclic) bond motifs is 1. The standard InChI is InChI=1S/C21H25N3O4S/c1-14-6-4-5-7-19(14)23-21(26)10-11-22-29(27,28)18-8-9-20-17(13-18)12-15(2)24(20)16(3)25/h4-9,13,15,22H,10-12H2,1-3H3,(H,23,26)/t15-/m1/s1. The molecule has 0 bridgehead atoms. The first-order chi connectivity index (χ1) is 13.7. The van der Waals surface area contributed by atoms with Crippen LogP contribution in [0.15, 0.2) is 47.4 Å². The number of hydrogen-bond acceptors (Lipinski definition) is 4. The van der Waals surface area contributed by atoms with Crippen molar-refractivity contribution in [3.8, 4) is 0 Å². The number of rotatable bonds is 6. The van der Waals surface area contributed by atoms with Crippen LogP contribution >= 0.6 is 0 Å². The lowest BCUT2D eigenvalue weighted by atomic mass is 10.1. The fraction of sp³-hybridized carbons (Fsp3) is 0.333. The van der Waals surface area contributed by atoms with E-state index in [1.807, 2.05) is 32.0 Å². The molecule has 29 heavy (non-hydrogen) atoms. The molecule has 0 saturated heterocycles. The molecule has 154 valence electrons. The highest BCUT2D eigenvalue weighted by Gasteiger charge is 2.30. The number of carbonyl (C=O) groups excluding carboxylic acids is 2. The SMILES string of the molecule is CC(=O)N1c2ccc(S(=O)(=O)NCCC(=O)Nc3ccccc3C)cc2C[C@H]1C. The minimum Gasteiger partial charge on any atom is -0.326 e. The smallest absolute Gasteiger partial charge is 0.240 e. The van der Waals surface area contributed by atoms with Gasteiger partial charge in [0, 0.05) is 37.3 Å². The fourth-order valence-electron chi connectivity index (χ4n) is 3.56. The predicted octanol–water partition coefficient (Wildman–Crippen LogP) is 2.60. The molecule has 1 aliphatic rings. The van der Waals surface area contributed by atoms with Crippen LogP contribution in [0.5, 0.6) is 0 Å². The Bertz CT molecular complexity index is 1050. The molecule has 1 heterocycles. The first kappa shape index (κ1) is 21.0. The first-order valence-electron chi connectivity index (χ1n) is 9.47. The number of hydrogen-bond donors (Lipinski definition) is 2. The zero-order valence-electron chi connectivity index (χ0n) is 16.7. The molecule has 0 saturated carbocycles. The van der Waals surface area contributed by atoms with Crippen molar-refractivity contribution in [2.24, 2.45) is 0 Å². The average molecular weight is 416 g/mol. The Morgan fingerprint density at radius 2 is 1.90 bits per heavy atom. The molecule has 0 spiro atoms. The predicted molar refractivity (Wildman–Crippen MR) is 112 cm³/mol. The van der Waals surface area contributed by atoms with Crippen LogP contribution in [0.4, 0.5) is 11.4 Å². The Hall–Kier alpha value is -2.71. The number of para-hydroxylation sites is 1. The van der Waals surface area contributed by atoms with Gasteiger partial charge in [0.2, 0.25) is 21.8 Å². The second-order valence-electron chi connectivity index (χ2n) is 7.24. The van der Waals surface area contributed by atoms with E-state index in [0.29, 0.717) is 12.1 Å². The van der Waals surface area contributed by atoms with Crippen molar-refractivity contribution >= 4 is 33.2 Å². The Labute approximate surface area is 171 Å². The lowest BCUT2D eigenvalue weighted by molar-refractivity contribution is -0.117. The summed E-state index contributed by atoms with van der Waals surface area (Å²) in [5.41, 5.74) is 3.23. The van der Waals surface area contributed by atoms with E-state index in [1.165, 1.54) is 13.0 Å². The molecule has 2 N–H and O–H groups in total. The molecule has 1 aliphatic heterocycles. The maximum absolute atomic E-state index is 12.6. The maximum Gasteiger partial charge on any atom is 0.240 e. The molecule has 8 heteroatoms. The summed E-state index contributed by atoms with van der Waals surface area (Å²) in [5, 5.41) is 2.78. The number of anilines is 2. The van der Waals surface area contributed by atoms with Crippen molar-refractivity contribution in [1.82, 2.24) is 4.72 Å². The summed E-state index contributed by atoms with van der Waals surface area (Å²) in [7, 11) is -3.75. The minimum absolute atomic E-state index is 0.00134. The molecule has 7 nitrogen and oxygen atoms in total. The molecule has 3 rings (SSSR count). The van der Waals surface area contributed by atoms with Gasteiger partial charge in [-0.25, -0.2) is 13.1 Å². The van der Waals surface area contributed by atoms with E-state index >= 15 is 0 Å². The largest absolute Gasteiger partial charge is 0.326 e. The Kier molecular flexibility index (Phi) is 6.04. The molecule has 2 amide bonds. The van der Waals surface area contributed by atoms with Crippen LogP contribution in [0.25, 0.3) is 0 Å². The van der Waals surface area contributed by atoms with Gasteiger partial charge < -0.3 is 10.2 Å². The number of nitrogens with one attached hydrogen (secondary N) is 2. The maximum atomic E-state index is 12.6. The Morgan fingerprint density at radius 3 is 2.59 bits per heavy atom. The molecule has 2 aromatic carbocycles. The number of nitrogens with zero attached hydrogens (tertiary/aromatic N) is 1. The minimum atomic E-state index is -3.75. The van der Waals surface area contributed by atoms with Gasteiger partial charge in [-0.1, -0.05) is 18.2 Å². The van der Waals surface area contributed by atoms with Gasteiger partial charge in [0.15, 0.2) is 0 Å². The fourth-order valence-corrected chi connectivity index (χ4v) is 4.64. The van der Waals surface area contributed by atoms with E-state index in [4.69, 9.17) is 0 Å². The lowest BCUT2D eigenvalue weighted by Gasteiger charge is -2.20. The number of benzene rings is 2. The highest BCUT2D eigenvalue weighted by atomic mass is 32.2. The van der Waals surface area contributed by atoms with Gasteiger partial charge in [-0.3, -0.25) is 9.59 Å². The van der Waals surface area contributed by atoms with E-state index in [1.54, 1.807) is 23.1 Å². The zero-order valence-corrected chi connectivity index (χ0v) is 17.5. The molecule has 0 fully saturated rings. The van der Waals surface area contributed by atoms with Crippen LogP contribution in [0, 0.1) is 6.92 Å². The molecular weight excluding hydrogens is 390 g/mol. The van der Waals surface area contributed by atoms with E-state index in [-0.39, 0.29) is 35.7 Å². The van der Waals surface area contributed by atoms with E-state index < -0.39 is 10.0 Å². The van der Waals surface area contributed by atoms with Crippen molar-refractivity contribution in [3.63, 3.8) is 0 Å².